The van der Waals surface area contributed by atoms with Crippen LogP contribution in [0.1, 0.15) is 13.8 Å². The molecule has 0 spiro atoms. The first-order valence-corrected chi connectivity index (χ1v) is 7.80. The van der Waals surface area contributed by atoms with Gasteiger partial charge in [-0.15, -0.1) is 0 Å². The quantitative estimate of drug-likeness (QED) is 0.183. The zero-order valence-electron chi connectivity index (χ0n) is 14.9. The molecule has 0 bridgehead atoms. The van der Waals surface area contributed by atoms with Crippen molar-refractivity contribution < 1.29 is 60.0 Å². The number of carbonyl (C=O) groups is 2. The highest BCUT2D eigenvalue weighted by Crippen LogP contribution is 2.49. The molecule has 28 heavy (non-hydrogen) atoms. The maximum absolute atomic E-state index is 14.2. The molecule has 1 rings (SSSR count). The van der Waals surface area contributed by atoms with Crippen LogP contribution in [-0.4, -0.2) is 68.8 Å². The standard InChI is InChI=1S/C15H19F5O8/c1-4-11(22)25-7-12-26-8-13(16,17)14(28-12,15(18,19)20)27-10(3)24-6-5-23-9(2)21/h4,10,12H,1,5-8H2,2-3H3. The molecule has 13 heteroatoms. The zero-order valence-corrected chi connectivity index (χ0v) is 14.9. The van der Waals surface area contributed by atoms with Gasteiger partial charge in [-0.2, -0.15) is 22.0 Å². The minimum atomic E-state index is -5.71. The summed E-state index contributed by atoms with van der Waals surface area (Å²) in [5, 5.41) is 0. The fourth-order valence-corrected chi connectivity index (χ4v) is 2.01. The minimum absolute atomic E-state index is 0.331. The third-order valence-corrected chi connectivity index (χ3v) is 3.20. The molecule has 0 aromatic rings. The van der Waals surface area contributed by atoms with E-state index in [1.54, 1.807) is 0 Å². The topological polar surface area (TPSA) is 89.5 Å². The van der Waals surface area contributed by atoms with Crippen molar-refractivity contribution in [2.75, 3.05) is 26.4 Å². The van der Waals surface area contributed by atoms with E-state index in [0.29, 0.717) is 6.08 Å². The Labute approximate surface area is 156 Å². The van der Waals surface area contributed by atoms with Crippen LogP contribution in [0.4, 0.5) is 22.0 Å². The molecular weight excluding hydrogens is 403 g/mol. The van der Waals surface area contributed by atoms with Crippen molar-refractivity contribution in [1.29, 1.82) is 0 Å². The summed E-state index contributed by atoms with van der Waals surface area (Å²) in [6.45, 7) is 1.70. The van der Waals surface area contributed by atoms with E-state index in [1.165, 1.54) is 0 Å². The lowest BCUT2D eigenvalue weighted by atomic mass is 10.1. The number of ether oxygens (including phenoxy) is 6. The summed E-state index contributed by atoms with van der Waals surface area (Å²) < 4.78 is 96.0. The first kappa shape index (κ1) is 24.2. The molecule has 0 radical (unpaired) electrons. The van der Waals surface area contributed by atoms with E-state index in [0.717, 1.165) is 13.8 Å². The molecule has 0 aromatic heterocycles. The maximum Gasteiger partial charge on any atom is 0.450 e. The average molecular weight is 422 g/mol. The Kier molecular flexibility index (Phi) is 8.29. The summed E-state index contributed by atoms with van der Waals surface area (Å²) in [7, 11) is 0. The monoisotopic (exact) mass is 422 g/mol. The molecule has 1 aliphatic rings. The lowest BCUT2D eigenvalue weighted by Crippen LogP contribution is -2.69. The van der Waals surface area contributed by atoms with Crippen molar-refractivity contribution in [1.82, 2.24) is 0 Å². The number of alkyl halides is 5. The molecule has 1 aliphatic heterocycles. The molecule has 0 aliphatic carbocycles. The lowest BCUT2D eigenvalue weighted by molar-refractivity contribution is -0.515. The smallest absolute Gasteiger partial charge is 0.450 e. The normalized spacial score (nSPS) is 25.6. The van der Waals surface area contributed by atoms with Gasteiger partial charge in [0.25, 0.3) is 0 Å². The average Bonchev–Trinajstić information content (AvgIpc) is 2.57. The number of hydrogen-bond acceptors (Lipinski definition) is 8. The van der Waals surface area contributed by atoms with Crippen LogP contribution in [0, 0.1) is 0 Å². The van der Waals surface area contributed by atoms with E-state index >= 15 is 0 Å². The highest BCUT2D eigenvalue weighted by molar-refractivity contribution is 5.81. The molecule has 1 heterocycles. The SMILES string of the molecule is C=CC(=O)OCC1OCC(F)(F)C(OC(C)OCCOC(C)=O)(C(F)(F)F)O1. The van der Waals surface area contributed by atoms with Crippen molar-refractivity contribution in [2.45, 2.75) is 44.3 Å². The van der Waals surface area contributed by atoms with Gasteiger partial charge in [0.2, 0.25) is 0 Å². The Balaban J connectivity index is 2.91. The third-order valence-electron chi connectivity index (χ3n) is 3.20. The van der Waals surface area contributed by atoms with E-state index in [9.17, 15) is 31.5 Å². The van der Waals surface area contributed by atoms with Gasteiger partial charge in [0.15, 0.2) is 12.6 Å². The van der Waals surface area contributed by atoms with Crippen LogP contribution in [-0.2, 0) is 38.0 Å². The van der Waals surface area contributed by atoms with E-state index in [4.69, 9.17) is 4.74 Å². The first-order chi connectivity index (χ1) is 12.8. The molecular formula is C15H19F5O8. The fourth-order valence-electron chi connectivity index (χ4n) is 2.01. The first-order valence-electron chi connectivity index (χ1n) is 7.80. The van der Waals surface area contributed by atoms with E-state index in [-0.39, 0.29) is 6.61 Å². The summed E-state index contributed by atoms with van der Waals surface area (Å²) in [6, 6.07) is 0. The summed E-state index contributed by atoms with van der Waals surface area (Å²) in [5.41, 5.74) is 0. The van der Waals surface area contributed by atoms with Crippen LogP contribution in [0.3, 0.4) is 0 Å². The predicted octanol–water partition coefficient (Wildman–Crippen LogP) is 1.92. The number of esters is 2. The second-order valence-corrected chi connectivity index (χ2v) is 5.41. The minimum Gasteiger partial charge on any atom is -0.463 e. The number of carbonyl (C=O) groups excluding carboxylic acids is 2. The molecule has 0 aromatic carbocycles. The third kappa shape index (κ3) is 6.09. The summed E-state index contributed by atoms with van der Waals surface area (Å²) in [5.74, 6) is -10.8. The van der Waals surface area contributed by atoms with Crippen LogP contribution in [0.5, 0.6) is 0 Å². The van der Waals surface area contributed by atoms with Crippen LogP contribution >= 0.6 is 0 Å². The fraction of sp³-hybridized carbons (Fsp3) is 0.733. The number of halogens is 5. The molecule has 0 N–H and O–H groups in total. The zero-order chi connectivity index (χ0) is 21.6. The largest absolute Gasteiger partial charge is 0.463 e. The highest BCUT2D eigenvalue weighted by atomic mass is 19.4. The van der Waals surface area contributed by atoms with Gasteiger partial charge in [0.05, 0.1) is 6.61 Å². The van der Waals surface area contributed by atoms with Gasteiger partial charge in [-0.05, 0) is 6.92 Å². The van der Waals surface area contributed by atoms with Gasteiger partial charge in [-0.25, -0.2) is 4.79 Å². The Morgan fingerprint density at radius 2 is 1.93 bits per heavy atom. The van der Waals surface area contributed by atoms with Gasteiger partial charge in [0, 0.05) is 13.0 Å². The molecule has 0 saturated carbocycles. The van der Waals surface area contributed by atoms with Crippen molar-refractivity contribution in [3.8, 4) is 0 Å². The molecule has 1 saturated heterocycles. The molecule has 3 atom stereocenters. The molecule has 0 amide bonds. The van der Waals surface area contributed by atoms with Crippen LogP contribution in [0.2, 0.25) is 0 Å². The second kappa shape index (κ2) is 9.58. The summed E-state index contributed by atoms with van der Waals surface area (Å²) in [4.78, 5) is 21.6. The predicted molar refractivity (Wildman–Crippen MR) is 78.8 cm³/mol. The van der Waals surface area contributed by atoms with Crippen molar-refractivity contribution >= 4 is 11.9 Å². The van der Waals surface area contributed by atoms with Crippen molar-refractivity contribution in [3.05, 3.63) is 12.7 Å². The van der Waals surface area contributed by atoms with Gasteiger partial charge in [-0.3, -0.25) is 4.79 Å². The van der Waals surface area contributed by atoms with Crippen LogP contribution in [0.15, 0.2) is 12.7 Å². The van der Waals surface area contributed by atoms with Crippen molar-refractivity contribution in [3.63, 3.8) is 0 Å². The molecule has 3 unspecified atom stereocenters. The summed E-state index contributed by atoms with van der Waals surface area (Å²) >= 11 is 0. The Morgan fingerprint density at radius 3 is 2.46 bits per heavy atom. The van der Waals surface area contributed by atoms with Gasteiger partial charge < -0.3 is 28.4 Å². The molecule has 8 nitrogen and oxygen atoms in total. The van der Waals surface area contributed by atoms with Gasteiger partial charge in [-0.1, -0.05) is 6.58 Å². The van der Waals surface area contributed by atoms with Gasteiger partial charge >= 0.3 is 29.8 Å². The Morgan fingerprint density at radius 1 is 1.29 bits per heavy atom. The van der Waals surface area contributed by atoms with E-state index in [2.05, 4.69) is 30.3 Å². The summed E-state index contributed by atoms with van der Waals surface area (Å²) in [6.07, 6.45) is -8.82. The van der Waals surface area contributed by atoms with Gasteiger partial charge in [0.1, 0.15) is 19.8 Å². The number of rotatable bonds is 9. The van der Waals surface area contributed by atoms with Crippen molar-refractivity contribution in [2.24, 2.45) is 0 Å². The van der Waals surface area contributed by atoms with E-state index < -0.39 is 62.2 Å². The lowest BCUT2D eigenvalue weighted by Gasteiger charge is -2.46. The Bertz CT molecular complexity index is 567. The number of hydrogen-bond donors (Lipinski definition) is 0. The molecule has 162 valence electrons. The van der Waals surface area contributed by atoms with E-state index in [1.807, 2.05) is 0 Å². The van der Waals surface area contributed by atoms with Crippen LogP contribution < -0.4 is 0 Å². The highest BCUT2D eigenvalue weighted by Gasteiger charge is 2.76. The molecule has 1 fully saturated rings. The Hall–Kier alpha value is -1.83. The second-order valence-electron chi connectivity index (χ2n) is 5.41. The van der Waals surface area contributed by atoms with Crippen LogP contribution in [0.25, 0.3) is 0 Å². The maximum atomic E-state index is 14.2.